The van der Waals surface area contributed by atoms with Gasteiger partial charge in [0.15, 0.2) is 11.5 Å². The summed E-state index contributed by atoms with van der Waals surface area (Å²) in [5.74, 6) is 0.278. The number of amides is 1. The molecule has 0 aromatic heterocycles. The van der Waals surface area contributed by atoms with Gasteiger partial charge < -0.3 is 14.8 Å². The Kier molecular flexibility index (Phi) is 6.62. The van der Waals surface area contributed by atoms with Crippen LogP contribution in [0.2, 0.25) is 0 Å². The lowest BCUT2D eigenvalue weighted by Gasteiger charge is -2.13. The second-order valence-electron chi connectivity index (χ2n) is 4.84. The van der Waals surface area contributed by atoms with Crippen LogP contribution in [0.1, 0.15) is 22.8 Å². The lowest BCUT2D eigenvalue weighted by Crippen LogP contribution is -2.23. The third-order valence-corrected chi connectivity index (χ3v) is 4.31. The van der Waals surface area contributed by atoms with Gasteiger partial charge in [0.2, 0.25) is 0 Å². The first kappa shape index (κ1) is 18.7. The fourth-order valence-corrected chi connectivity index (χ4v) is 3.06. The van der Waals surface area contributed by atoms with Crippen LogP contribution in [-0.4, -0.2) is 19.6 Å². The molecule has 24 heavy (non-hydrogen) atoms. The van der Waals surface area contributed by atoms with E-state index in [9.17, 15) is 9.18 Å². The maximum absolute atomic E-state index is 13.7. The Hall–Kier alpha value is -1.60. The molecule has 2 rings (SSSR count). The number of nitrogens with one attached hydrogen (secondary N) is 1. The van der Waals surface area contributed by atoms with Crippen LogP contribution in [0.25, 0.3) is 0 Å². The first-order valence-corrected chi connectivity index (χ1v) is 8.77. The first-order valence-electron chi connectivity index (χ1n) is 7.18. The minimum atomic E-state index is -0.371. The molecule has 0 heterocycles. The van der Waals surface area contributed by atoms with E-state index in [2.05, 4.69) is 37.2 Å². The third kappa shape index (κ3) is 4.48. The first-order chi connectivity index (χ1) is 11.5. The summed E-state index contributed by atoms with van der Waals surface area (Å²) in [4.78, 5) is 12.3. The van der Waals surface area contributed by atoms with E-state index in [4.69, 9.17) is 9.47 Å². The maximum Gasteiger partial charge on any atom is 0.251 e. The van der Waals surface area contributed by atoms with Gasteiger partial charge in [-0.2, -0.15) is 0 Å². The smallest absolute Gasteiger partial charge is 0.251 e. The van der Waals surface area contributed by atoms with Crippen molar-refractivity contribution in [3.63, 3.8) is 0 Å². The summed E-state index contributed by atoms with van der Waals surface area (Å²) in [7, 11) is 1.50. The molecule has 0 saturated carbocycles. The van der Waals surface area contributed by atoms with Gasteiger partial charge in [-0.15, -0.1) is 0 Å². The number of rotatable bonds is 6. The third-order valence-electron chi connectivity index (χ3n) is 3.23. The summed E-state index contributed by atoms with van der Waals surface area (Å²) in [5.41, 5.74) is 0.785. The lowest BCUT2D eigenvalue weighted by molar-refractivity contribution is 0.0950. The van der Waals surface area contributed by atoms with Crippen molar-refractivity contribution >= 4 is 37.8 Å². The van der Waals surface area contributed by atoms with Crippen molar-refractivity contribution in [2.24, 2.45) is 0 Å². The molecule has 0 spiro atoms. The molecule has 0 radical (unpaired) electrons. The van der Waals surface area contributed by atoms with Gasteiger partial charge in [0.25, 0.3) is 5.91 Å². The van der Waals surface area contributed by atoms with Crippen molar-refractivity contribution in [1.82, 2.24) is 5.32 Å². The molecule has 0 atom stereocenters. The molecule has 0 aliphatic rings. The van der Waals surface area contributed by atoms with Crippen molar-refractivity contribution in [1.29, 1.82) is 0 Å². The normalized spacial score (nSPS) is 10.4. The van der Waals surface area contributed by atoms with Crippen LogP contribution in [0.5, 0.6) is 11.5 Å². The van der Waals surface area contributed by atoms with Crippen LogP contribution < -0.4 is 14.8 Å². The highest BCUT2D eigenvalue weighted by atomic mass is 79.9. The average Bonchev–Trinajstić information content (AvgIpc) is 2.57. The van der Waals surface area contributed by atoms with Gasteiger partial charge in [-0.05, 0) is 53.2 Å². The molecule has 1 amide bonds. The lowest BCUT2D eigenvalue weighted by atomic mass is 10.1. The quantitative estimate of drug-likeness (QED) is 0.680. The number of halogens is 3. The maximum atomic E-state index is 13.7. The van der Waals surface area contributed by atoms with E-state index >= 15 is 0 Å². The van der Waals surface area contributed by atoms with Crippen LogP contribution in [0.4, 0.5) is 4.39 Å². The standard InChI is InChI=1S/C17H16Br2FNO3/c1-3-24-16-13(19)7-10(8-15(16)23-2)17(22)21-9-11-6-12(18)4-5-14(11)20/h4-8H,3,9H2,1-2H3,(H,21,22). The highest BCUT2D eigenvalue weighted by Gasteiger charge is 2.15. The van der Waals surface area contributed by atoms with Crippen LogP contribution in [-0.2, 0) is 6.54 Å². The van der Waals surface area contributed by atoms with E-state index in [1.54, 1.807) is 24.3 Å². The average molecular weight is 461 g/mol. The van der Waals surface area contributed by atoms with Gasteiger partial charge in [0.1, 0.15) is 5.82 Å². The van der Waals surface area contributed by atoms with Gasteiger partial charge in [0, 0.05) is 22.1 Å². The highest BCUT2D eigenvalue weighted by molar-refractivity contribution is 9.10. The molecule has 1 N–H and O–H groups in total. The van der Waals surface area contributed by atoms with E-state index in [0.717, 1.165) is 4.47 Å². The van der Waals surface area contributed by atoms with Crippen LogP contribution >= 0.6 is 31.9 Å². The largest absolute Gasteiger partial charge is 0.493 e. The van der Waals surface area contributed by atoms with Crippen molar-refractivity contribution in [2.75, 3.05) is 13.7 Å². The van der Waals surface area contributed by atoms with Crippen molar-refractivity contribution in [3.05, 3.63) is 56.2 Å². The van der Waals surface area contributed by atoms with Crippen LogP contribution in [0, 0.1) is 5.82 Å². The Balaban J connectivity index is 2.17. The summed E-state index contributed by atoms with van der Waals surface area (Å²) in [6, 6.07) is 7.81. The SMILES string of the molecule is CCOc1c(Br)cc(C(=O)NCc2cc(Br)ccc2F)cc1OC. The Morgan fingerprint density at radius 2 is 2.00 bits per heavy atom. The monoisotopic (exact) mass is 459 g/mol. The molecule has 7 heteroatoms. The number of carbonyl (C=O) groups excluding carboxylic acids is 1. The molecule has 128 valence electrons. The minimum absolute atomic E-state index is 0.0806. The summed E-state index contributed by atoms with van der Waals surface area (Å²) >= 11 is 6.66. The fraction of sp³-hybridized carbons (Fsp3) is 0.235. The zero-order valence-electron chi connectivity index (χ0n) is 13.2. The van der Waals surface area contributed by atoms with E-state index in [0.29, 0.717) is 33.7 Å². The Morgan fingerprint density at radius 3 is 2.67 bits per heavy atom. The molecule has 2 aromatic carbocycles. The molecule has 0 saturated heterocycles. The molecular weight excluding hydrogens is 445 g/mol. The molecule has 0 unspecified atom stereocenters. The number of methoxy groups -OCH3 is 1. The minimum Gasteiger partial charge on any atom is -0.493 e. The van der Waals surface area contributed by atoms with Crippen molar-refractivity contribution in [2.45, 2.75) is 13.5 Å². The molecular formula is C17H16Br2FNO3. The van der Waals surface area contributed by atoms with E-state index in [1.165, 1.54) is 13.2 Å². The van der Waals surface area contributed by atoms with Gasteiger partial charge in [-0.1, -0.05) is 15.9 Å². The van der Waals surface area contributed by atoms with Crippen molar-refractivity contribution < 1.29 is 18.7 Å². The molecule has 0 bridgehead atoms. The Labute approximate surface area is 156 Å². The van der Waals surface area contributed by atoms with Gasteiger partial charge in [-0.3, -0.25) is 4.79 Å². The summed E-state index contributed by atoms with van der Waals surface area (Å²) in [5, 5.41) is 2.70. The predicted octanol–water partition coefficient (Wildman–Crippen LogP) is 4.69. The zero-order valence-corrected chi connectivity index (χ0v) is 16.3. The van der Waals surface area contributed by atoms with Crippen molar-refractivity contribution in [3.8, 4) is 11.5 Å². The van der Waals surface area contributed by atoms with Gasteiger partial charge in [0.05, 0.1) is 18.2 Å². The molecule has 0 fully saturated rings. The highest BCUT2D eigenvalue weighted by Crippen LogP contribution is 2.36. The predicted molar refractivity (Wildman–Crippen MR) is 97.1 cm³/mol. The van der Waals surface area contributed by atoms with E-state index < -0.39 is 0 Å². The second kappa shape index (κ2) is 8.48. The number of carbonyl (C=O) groups is 1. The van der Waals surface area contributed by atoms with E-state index in [-0.39, 0.29) is 18.3 Å². The Morgan fingerprint density at radius 1 is 1.25 bits per heavy atom. The Bertz CT molecular complexity index is 753. The number of hydrogen-bond acceptors (Lipinski definition) is 3. The molecule has 2 aromatic rings. The second-order valence-corrected chi connectivity index (χ2v) is 6.61. The summed E-state index contributed by atoms with van der Waals surface area (Å²) in [6.07, 6.45) is 0. The van der Waals surface area contributed by atoms with Crippen LogP contribution in [0.15, 0.2) is 39.3 Å². The van der Waals surface area contributed by atoms with Gasteiger partial charge in [-0.25, -0.2) is 4.39 Å². The van der Waals surface area contributed by atoms with Crippen LogP contribution in [0.3, 0.4) is 0 Å². The topological polar surface area (TPSA) is 47.6 Å². The molecule has 4 nitrogen and oxygen atoms in total. The van der Waals surface area contributed by atoms with Gasteiger partial charge >= 0.3 is 0 Å². The zero-order chi connectivity index (χ0) is 17.7. The fourth-order valence-electron chi connectivity index (χ4n) is 2.09. The molecule has 0 aliphatic carbocycles. The number of hydrogen-bond donors (Lipinski definition) is 1. The summed E-state index contributed by atoms with van der Waals surface area (Å²) < 4.78 is 25.8. The van der Waals surface area contributed by atoms with E-state index in [1.807, 2.05) is 6.92 Å². The number of benzene rings is 2. The molecule has 0 aliphatic heterocycles. The number of ether oxygens (including phenoxy) is 2. The summed E-state index contributed by atoms with van der Waals surface area (Å²) in [6.45, 7) is 2.42.